The van der Waals surface area contributed by atoms with Crippen LogP contribution in [0.3, 0.4) is 0 Å². The Hall–Kier alpha value is -1.75. The Morgan fingerprint density at radius 3 is 2.36 bits per heavy atom. The second kappa shape index (κ2) is 9.09. The third-order valence-electron chi connectivity index (χ3n) is 4.62. The Kier molecular flexibility index (Phi) is 7.12. The predicted molar refractivity (Wildman–Crippen MR) is 99.1 cm³/mol. The molecule has 0 aromatic heterocycles. The largest absolute Gasteiger partial charge is 0.495 e. The molecule has 1 fully saturated rings. The molecule has 1 aliphatic rings. The van der Waals surface area contributed by atoms with Crippen molar-refractivity contribution in [2.75, 3.05) is 33.3 Å². The smallest absolute Gasteiger partial charge is 0.227 e. The molecule has 2 amide bonds. The number of rotatable bonds is 5. The van der Waals surface area contributed by atoms with Crippen LogP contribution >= 0.6 is 11.6 Å². The molecule has 1 aliphatic heterocycles. The highest BCUT2D eigenvalue weighted by molar-refractivity contribution is 6.32. The number of hydrogen-bond acceptors (Lipinski definition) is 3. The third kappa shape index (κ3) is 5.11. The summed E-state index contributed by atoms with van der Waals surface area (Å²) in [5.74, 6) is 0.888. The maximum Gasteiger partial charge on any atom is 0.227 e. The summed E-state index contributed by atoms with van der Waals surface area (Å²) in [7, 11) is 1.58. The number of ether oxygens (including phenoxy) is 1. The van der Waals surface area contributed by atoms with Crippen molar-refractivity contribution < 1.29 is 14.3 Å². The molecular weight excluding hydrogens is 340 g/mol. The van der Waals surface area contributed by atoms with E-state index in [1.807, 2.05) is 35.8 Å². The summed E-state index contributed by atoms with van der Waals surface area (Å²) in [5.41, 5.74) is 1.91. The number of aryl methyl sites for hydroxylation is 1. The molecule has 1 heterocycles. The quantitative estimate of drug-likeness (QED) is 0.804. The highest BCUT2D eigenvalue weighted by atomic mass is 35.5. The van der Waals surface area contributed by atoms with Gasteiger partial charge >= 0.3 is 0 Å². The fourth-order valence-electron chi connectivity index (χ4n) is 3.11. The highest BCUT2D eigenvalue weighted by Gasteiger charge is 2.22. The molecule has 0 N–H and O–H groups in total. The number of benzene rings is 1. The first-order valence-electron chi connectivity index (χ1n) is 8.84. The minimum Gasteiger partial charge on any atom is -0.495 e. The lowest BCUT2D eigenvalue weighted by molar-refractivity contribution is -0.133. The second-order valence-electron chi connectivity index (χ2n) is 6.46. The maximum atomic E-state index is 12.7. The van der Waals surface area contributed by atoms with E-state index in [2.05, 4.69) is 0 Å². The van der Waals surface area contributed by atoms with E-state index in [0.29, 0.717) is 43.2 Å². The SMILES string of the molecule is CCCC(=O)N1CCCN(C(=O)Cc2cc(Cl)c(OC)cc2C)CC1. The summed E-state index contributed by atoms with van der Waals surface area (Å²) in [6.07, 6.45) is 2.58. The highest BCUT2D eigenvalue weighted by Crippen LogP contribution is 2.28. The van der Waals surface area contributed by atoms with Gasteiger partial charge in [-0.2, -0.15) is 0 Å². The number of methoxy groups -OCH3 is 1. The van der Waals surface area contributed by atoms with Crippen LogP contribution in [0.4, 0.5) is 0 Å². The maximum absolute atomic E-state index is 12.7. The van der Waals surface area contributed by atoms with Gasteiger partial charge in [0.05, 0.1) is 18.6 Å². The van der Waals surface area contributed by atoms with Crippen molar-refractivity contribution in [2.24, 2.45) is 0 Å². The van der Waals surface area contributed by atoms with Crippen LogP contribution < -0.4 is 4.74 Å². The molecule has 138 valence electrons. The van der Waals surface area contributed by atoms with Crippen molar-refractivity contribution in [3.63, 3.8) is 0 Å². The molecule has 1 aromatic rings. The number of carbonyl (C=O) groups is 2. The minimum absolute atomic E-state index is 0.0779. The first-order chi connectivity index (χ1) is 12.0. The summed E-state index contributed by atoms with van der Waals surface area (Å²) in [4.78, 5) is 28.5. The van der Waals surface area contributed by atoms with Gasteiger partial charge in [-0.3, -0.25) is 9.59 Å². The van der Waals surface area contributed by atoms with E-state index in [1.165, 1.54) is 0 Å². The van der Waals surface area contributed by atoms with Crippen LogP contribution in [-0.2, 0) is 16.0 Å². The fourth-order valence-corrected chi connectivity index (χ4v) is 3.37. The van der Waals surface area contributed by atoms with Crippen molar-refractivity contribution in [3.05, 3.63) is 28.3 Å². The molecule has 0 unspecified atom stereocenters. The minimum atomic E-state index is 0.0779. The molecule has 1 saturated heterocycles. The molecule has 0 spiro atoms. The van der Waals surface area contributed by atoms with Gasteiger partial charge < -0.3 is 14.5 Å². The lowest BCUT2D eigenvalue weighted by Gasteiger charge is -2.22. The first kappa shape index (κ1) is 19.6. The van der Waals surface area contributed by atoms with Crippen LogP contribution in [-0.4, -0.2) is 54.9 Å². The normalized spacial score (nSPS) is 15.0. The van der Waals surface area contributed by atoms with Crippen LogP contribution in [0.5, 0.6) is 5.75 Å². The number of amides is 2. The summed E-state index contributed by atoms with van der Waals surface area (Å²) < 4.78 is 5.21. The number of hydrogen-bond donors (Lipinski definition) is 0. The second-order valence-corrected chi connectivity index (χ2v) is 6.86. The molecule has 0 radical (unpaired) electrons. The van der Waals surface area contributed by atoms with E-state index >= 15 is 0 Å². The van der Waals surface area contributed by atoms with Gasteiger partial charge in [-0.1, -0.05) is 18.5 Å². The molecule has 1 aromatic carbocycles. The van der Waals surface area contributed by atoms with Crippen molar-refractivity contribution >= 4 is 23.4 Å². The molecule has 0 aliphatic carbocycles. The number of carbonyl (C=O) groups excluding carboxylic acids is 2. The van der Waals surface area contributed by atoms with Gasteiger partial charge in [0.25, 0.3) is 0 Å². The van der Waals surface area contributed by atoms with E-state index < -0.39 is 0 Å². The average Bonchev–Trinajstić information content (AvgIpc) is 2.84. The Balaban J connectivity index is 1.99. The molecular formula is C19H27ClN2O3. The standard InChI is InChI=1S/C19H27ClN2O3/c1-4-6-18(23)21-7-5-8-22(10-9-21)19(24)13-15-12-16(20)17(25-3)11-14(15)2/h11-12H,4-10,13H2,1-3H3. The molecule has 0 bridgehead atoms. The lowest BCUT2D eigenvalue weighted by atomic mass is 10.0. The Bertz CT molecular complexity index is 633. The van der Waals surface area contributed by atoms with Gasteiger partial charge in [0.2, 0.25) is 11.8 Å². The molecule has 5 nitrogen and oxygen atoms in total. The third-order valence-corrected chi connectivity index (χ3v) is 4.91. The summed E-state index contributed by atoms with van der Waals surface area (Å²) in [6, 6.07) is 3.67. The van der Waals surface area contributed by atoms with Crippen LogP contribution in [0.2, 0.25) is 5.02 Å². The molecule has 2 rings (SSSR count). The zero-order chi connectivity index (χ0) is 18.4. The Morgan fingerprint density at radius 1 is 1.12 bits per heavy atom. The monoisotopic (exact) mass is 366 g/mol. The van der Waals surface area contributed by atoms with E-state index in [-0.39, 0.29) is 11.8 Å². The van der Waals surface area contributed by atoms with Gasteiger partial charge in [-0.25, -0.2) is 0 Å². The summed E-state index contributed by atoms with van der Waals surface area (Å²) in [6.45, 7) is 6.60. The fraction of sp³-hybridized carbons (Fsp3) is 0.579. The molecule has 6 heteroatoms. The zero-order valence-electron chi connectivity index (χ0n) is 15.3. The lowest BCUT2D eigenvalue weighted by Crippen LogP contribution is -2.37. The average molecular weight is 367 g/mol. The van der Waals surface area contributed by atoms with Crippen molar-refractivity contribution in [3.8, 4) is 5.75 Å². The topological polar surface area (TPSA) is 49.9 Å². The molecule has 0 atom stereocenters. The first-order valence-corrected chi connectivity index (χ1v) is 9.22. The summed E-state index contributed by atoms with van der Waals surface area (Å²) >= 11 is 6.19. The molecule has 25 heavy (non-hydrogen) atoms. The van der Waals surface area contributed by atoms with Crippen LogP contribution in [0.15, 0.2) is 12.1 Å². The van der Waals surface area contributed by atoms with Crippen LogP contribution in [0.1, 0.15) is 37.3 Å². The van der Waals surface area contributed by atoms with Gasteiger partial charge in [0.15, 0.2) is 0 Å². The Labute approximate surface area is 154 Å². The van der Waals surface area contributed by atoms with E-state index in [4.69, 9.17) is 16.3 Å². The van der Waals surface area contributed by atoms with Gasteiger partial charge in [0.1, 0.15) is 5.75 Å². The van der Waals surface area contributed by atoms with E-state index in [9.17, 15) is 9.59 Å². The van der Waals surface area contributed by atoms with Crippen molar-refractivity contribution in [1.29, 1.82) is 0 Å². The van der Waals surface area contributed by atoms with Gasteiger partial charge in [-0.05, 0) is 43.0 Å². The number of halogens is 1. The van der Waals surface area contributed by atoms with Crippen LogP contribution in [0, 0.1) is 6.92 Å². The van der Waals surface area contributed by atoms with E-state index in [0.717, 1.165) is 30.5 Å². The predicted octanol–water partition coefficient (Wildman–Crippen LogP) is 3.06. The number of nitrogens with zero attached hydrogens (tertiary/aromatic N) is 2. The Morgan fingerprint density at radius 2 is 1.76 bits per heavy atom. The molecule has 0 saturated carbocycles. The van der Waals surface area contributed by atoms with Gasteiger partial charge in [0, 0.05) is 32.6 Å². The van der Waals surface area contributed by atoms with Gasteiger partial charge in [-0.15, -0.1) is 0 Å². The van der Waals surface area contributed by atoms with Crippen molar-refractivity contribution in [1.82, 2.24) is 9.80 Å². The summed E-state index contributed by atoms with van der Waals surface area (Å²) in [5, 5.41) is 0.517. The van der Waals surface area contributed by atoms with E-state index in [1.54, 1.807) is 7.11 Å². The van der Waals surface area contributed by atoms with Crippen LogP contribution in [0.25, 0.3) is 0 Å². The van der Waals surface area contributed by atoms with Crippen molar-refractivity contribution in [2.45, 2.75) is 39.5 Å². The zero-order valence-corrected chi connectivity index (χ0v) is 16.1.